The zero-order valence-electron chi connectivity index (χ0n) is 18.1. The van der Waals surface area contributed by atoms with Crippen LogP contribution in [-0.2, 0) is 4.79 Å². The van der Waals surface area contributed by atoms with E-state index in [0.29, 0.717) is 17.5 Å². The van der Waals surface area contributed by atoms with Crippen LogP contribution in [-0.4, -0.2) is 77.5 Å². The first-order valence-corrected chi connectivity index (χ1v) is 10.1. The van der Waals surface area contributed by atoms with Crippen LogP contribution in [0.5, 0.6) is 0 Å². The molecule has 3 N–H and O–H groups in total. The van der Waals surface area contributed by atoms with E-state index in [1.807, 2.05) is 19.2 Å². The maximum Gasteiger partial charge on any atom is 0.265 e. The third-order valence-electron chi connectivity index (χ3n) is 5.29. The molecule has 160 valence electrons. The molecule has 3 heterocycles. The first kappa shape index (κ1) is 21.5. The van der Waals surface area contributed by atoms with Gasteiger partial charge < -0.3 is 25.8 Å². The summed E-state index contributed by atoms with van der Waals surface area (Å²) in [7, 11) is 3.55. The summed E-state index contributed by atoms with van der Waals surface area (Å²) in [6.07, 6.45) is 5.21. The third-order valence-corrected chi connectivity index (χ3v) is 5.29. The number of anilines is 3. The first-order chi connectivity index (χ1) is 14.4. The average Bonchev–Trinajstić information content (AvgIpc) is 2.74. The lowest BCUT2D eigenvalue weighted by Crippen LogP contribution is -2.46. The van der Waals surface area contributed by atoms with E-state index in [9.17, 15) is 4.79 Å². The van der Waals surface area contributed by atoms with Crippen LogP contribution >= 0.6 is 0 Å². The molecule has 3 rings (SSSR count). The lowest BCUT2D eigenvalue weighted by Gasteiger charge is -2.35. The molecular weight excluding hydrogens is 380 g/mol. The Morgan fingerprint density at radius 1 is 1.10 bits per heavy atom. The summed E-state index contributed by atoms with van der Waals surface area (Å²) < 4.78 is 0. The second kappa shape index (κ2) is 9.53. The van der Waals surface area contributed by atoms with Crippen LogP contribution < -0.4 is 16.0 Å². The van der Waals surface area contributed by atoms with Crippen molar-refractivity contribution < 1.29 is 4.79 Å². The van der Waals surface area contributed by atoms with Gasteiger partial charge in [-0.15, -0.1) is 0 Å². The van der Waals surface area contributed by atoms with E-state index >= 15 is 0 Å². The molecule has 1 aliphatic heterocycles. The number of hydrogen-bond donors (Lipinski definition) is 2. The maximum absolute atomic E-state index is 11.7. The predicted octanol–water partition coefficient (Wildman–Crippen LogP) is 1.54. The highest BCUT2D eigenvalue weighted by Gasteiger charge is 2.16. The summed E-state index contributed by atoms with van der Waals surface area (Å²) >= 11 is 0. The predicted molar refractivity (Wildman–Crippen MR) is 119 cm³/mol. The molecule has 30 heavy (non-hydrogen) atoms. The fourth-order valence-corrected chi connectivity index (χ4v) is 3.55. The zero-order chi connectivity index (χ0) is 21.7. The lowest BCUT2D eigenvalue weighted by molar-refractivity contribution is -0.115. The molecule has 0 unspecified atom stereocenters. The molecule has 0 saturated carbocycles. The number of nitrogens with one attached hydrogen (secondary N) is 1. The summed E-state index contributed by atoms with van der Waals surface area (Å²) in [5, 5.41) is 3.11. The van der Waals surface area contributed by atoms with E-state index in [-0.39, 0.29) is 0 Å². The Morgan fingerprint density at radius 3 is 2.27 bits per heavy atom. The van der Waals surface area contributed by atoms with Crippen molar-refractivity contribution in [2.75, 3.05) is 57.0 Å². The fraction of sp³-hybridized carbons (Fsp3) is 0.429. The molecule has 0 atom stereocenters. The summed E-state index contributed by atoms with van der Waals surface area (Å²) in [4.78, 5) is 31.4. The van der Waals surface area contributed by atoms with E-state index in [4.69, 9.17) is 5.73 Å². The second-order valence-electron chi connectivity index (χ2n) is 7.48. The van der Waals surface area contributed by atoms with E-state index in [1.165, 1.54) is 0 Å². The van der Waals surface area contributed by atoms with E-state index in [0.717, 1.165) is 49.5 Å². The van der Waals surface area contributed by atoms with E-state index < -0.39 is 5.91 Å². The number of rotatable bonds is 7. The number of carbonyl (C=O) groups excluding carboxylic acids is 1. The van der Waals surface area contributed by atoms with Gasteiger partial charge in [0, 0.05) is 58.2 Å². The number of allylic oxidation sites excluding steroid dienone is 1. The van der Waals surface area contributed by atoms with Crippen molar-refractivity contribution in [1.82, 2.24) is 24.8 Å². The van der Waals surface area contributed by atoms with Crippen LogP contribution in [0.25, 0.3) is 5.57 Å². The number of hydrogen-bond acceptors (Lipinski definition) is 8. The summed E-state index contributed by atoms with van der Waals surface area (Å²) in [6.45, 7) is 9.31. The highest BCUT2D eigenvalue weighted by molar-refractivity contribution is 5.99. The van der Waals surface area contributed by atoms with Crippen molar-refractivity contribution in [1.29, 1.82) is 0 Å². The highest BCUT2D eigenvalue weighted by Crippen LogP contribution is 2.21. The largest absolute Gasteiger partial charge is 0.373 e. The Labute approximate surface area is 177 Å². The topological polar surface area (TPSA) is 104 Å². The van der Waals surface area contributed by atoms with Crippen molar-refractivity contribution >= 4 is 28.9 Å². The Hall–Kier alpha value is -3.20. The summed E-state index contributed by atoms with van der Waals surface area (Å²) in [5.41, 5.74) is 8.49. The van der Waals surface area contributed by atoms with Gasteiger partial charge in [-0.1, -0.05) is 6.92 Å². The van der Waals surface area contributed by atoms with Crippen LogP contribution in [0.2, 0.25) is 0 Å². The van der Waals surface area contributed by atoms with Gasteiger partial charge in [0.1, 0.15) is 11.5 Å². The normalized spacial score (nSPS) is 15.5. The molecule has 1 amide bonds. The minimum Gasteiger partial charge on any atom is -0.373 e. The minimum absolute atomic E-state index is 0.427. The molecule has 0 bridgehead atoms. The lowest BCUT2D eigenvalue weighted by atomic mass is 10.1. The smallest absolute Gasteiger partial charge is 0.265 e. The molecule has 1 fully saturated rings. The average molecular weight is 411 g/mol. The van der Waals surface area contributed by atoms with Crippen LogP contribution in [0, 0.1) is 0 Å². The van der Waals surface area contributed by atoms with Crippen molar-refractivity contribution in [3.05, 3.63) is 42.0 Å². The first-order valence-electron chi connectivity index (χ1n) is 10.1. The molecule has 0 spiro atoms. The number of amides is 1. The molecule has 0 radical (unpaired) electrons. The molecule has 0 aromatic carbocycles. The monoisotopic (exact) mass is 410 g/mol. The molecule has 2 aromatic rings. The van der Waals surface area contributed by atoms with Gasteiger partial charge in [0.2, 0.25) is 5.95 Å². The van der Waals surface area contributed by atoms with Crippen molar-refractivity contribution in [2.45, 2.75) is 13.8 Å². The van der Waals surface area contributed by atoms with Gasteiger partial charge >= 0.3 is 0 Å². The number of aromatic nitrogens is 3. The van der Waals surface area contributed by atoms with Crippen LogP contribution in [0.1, 0.15) is 19.4 Å². The van der Waals surface area contributed by atoms with Crippen LogP contribution in [0.4, 0.5) is 17.5 Å². The maximum atomic E-state index is 11.7. The quantitative estimate of drug-likeness (QED) is 0.663. The second-order valence-corrected chi connectivity index (χ2v) is 7.48. The number of nitrogens with zero attached hydrogens (tertiary/aromatic N) is 6. The van der Waals surface area contributed by atoms with Crippen molar-refractivity contribution in [2.24, 2.45) is 5.73 Å². The van der Waals surface area contributed by atoms with Gasteiger partial charge in [-0.25, -0.2) is 15.0 Å². The van der Waals surface area contributed by atoms with E-state index in [2.05, 4.69) is 43.1 Å². The molecule has 9 nitrogen and oxygen atoms in total. The number of pyridine rings is 1. The molecule has 0 aliphatic carbocycles. The SMILES string of the molecule is CCN1CCN(c2ccc(Nc3ncc(/C(C)=C(/C(N)=O)N(C)C)cn3)nc2)CC1. The molecule has 1 aliphatic rings. The molecule has 2 aromatic heterocycles. The van der Waals surface area contributed by atoms with Gasteiger partial charge in [-0.2, -0.15) is 0 Å². The Kier molecular flexibility index (Phi) is 6.83. The van der Waals surface area contributed by atoms with Crippen LogP contribution in [0.15, 0.2) is 36.4 Å². The minimum atomic E-state index is -0.486. The molecule has 1 saturated heterocycles. The number of carbonyl (C=O) groups is 1. The Balaban J connectivity index is 1.66. The number of likely N-dealkylation sites (N-methyl/N-ethyl adjacent to an activating group) is 2. The van der Waals surface area contributed by atoms with Crippen LogP contribution in [0.3, 0.4) is 0 Å². The summed E-state index contributed by atoms with van der Waals surface area (Å²) in [5.74, 6) is 0.631. The third kappa shape index (κ3) is 5.04. The number of primary amides is 1. The zero-order valence-corrected chi connectivity index (χ0v) is 18.1. The van der Waals surface area contributed by atoms with E-state index in [1.54, 1.807) is 31.4 Å². The van der Waals surface area contributed by atoms with Gasteiger partial charge in [0.05, 0.1) is 11.9 Å². The Morgan fingerprint density at radius 2 is 1.77 bits per heavy atom. The number of nitrogens with two attached hydrogens (primary N) is 1. The highest BCUT2D eigenvalue weighted by atomic mass is 16.1. The summed E-state index contributed by atoms with van der Waals surface area (Å²) in [6, 6.07) is 4.00. The van der Waals surface area contributed by atoms with Gasteiger partial charge in [-0.3, -0.25) is 4.79 Å². The van der Waals surface area contributed by atoms with Gasteiger partial charge in [-0.05, 0) is 31.2 Å². The van der Waals surface area contributed by atoms with Crippen molar-refractivity contribution in [3.8, 4) is 0 Å². The van der Waals surface area contributed by atoms with Gasteiger partial charge in [0.15, 0.2) is 0 Å². The molecular formula is C21H30N8O. The fourth-order valence-electron chi connectivity index (χ4n) is 3.55. The number of piperazine rings is 1. The molecule has 9 heteroatoms. The Bertz CT molecular complexity index is 884. The standard InChI is InChI=1S/C21H30N8O/c1-5-28-8-10-29(11-9-28)17-6-7-18(23-14-17)26-21-24-12-16(13-25-21)15(2)19(20(22)30)27(3)4/h6-7,12-14H,5,8-11H2,1-4H3,(H2,22,30)(H,23,24,25,26)/b19-15-. The van der Waals surface area contributed by atoms with Crippen molar-refractivity contribution in [3.63, 3.8) is 0 Å². The van der Waals surface area contributed by atoms with Gasteiger partial charge in [0.25, 0.3) is 5.91 Å².